The Bertz CT molecular complexity index is 344. The summed E-state index contributed by atoms with van der Waals surface area (Å²) >= 11 is 0. The maximum Gasteiger partial charge on any atom is 0.165 e. The first kappa shape index (κ1) is 12.9. The van der Waals surface area contributed by atoms with Crippen molar-refractivity contribution in [3.05, 3.63) is 29.6 Å². The van der Waals surface area contributed by atoms with Gasteiger partial charge in [-0.1, -0.05) is 6.07 Å². The Morgan fingerprint density at radius 1 is 1.50 bits per heavy atom. The second-order valence-corrected chi connectivity index (χ2v) is 3.63. The van der Waals surface area contributed by atoms with Crippen LogP contribution in [-0.4, -0.2) is 29.5 Å². The highest BCUT2D eigenvalue weighted by Gasteiger charge is 2.09. The van der Waals surface area contributed by atoms with Gasteiger partial charge in [-0.15, -0.1) is 0 Å². The molecule has 1 rings (SSSR count). The van der Waals surface area contributed by atoms with Gasteiger partial charge in [0.15, 0.2) is 11.6 Å². The van der Waals surface area contributed by atoms with E-state index in [1.54, 1.807) is 13.0 Å². The van der Waals surface area contributed by atoms with Crippen molar-refractivity contribution >= 4 is 0 Å². The average molecular weight is 229 g/mol. The third kappa shape index (κ3) is 3.44. The van der Waals surface area contributed by atoms with Crippen LogP contribution < -0.4 is 10.5 Å². The van der Waals surface area contributed by atoms with E-state index in [9.17, 15) is 4.39 Å². The third-order valence-corrected chi connectivity index (χ3v) is 2.12. The molecule has 0 heterocycles. The minimum Gasteiger partial charge on any atom is -0.488 e. The first-order chi connectivity index (χ1) is 7.54. The summed E-state index contributed by atoms with van der Waals surface area (Å²) in [6.07, 6.45) is -1.01. The molecule has 1 aromatic rings. The van der Waals surface area contributed by atoms with Gasteiger partial charge in [0.05, 0.1) is 6.61 Å². The zero-order valence-corrected chi connectivity index (χ0v) is 9.06. The van der Waals surface area contributed by atoms with E-state index in [1.807, 2.05) is 0 Å². The number of hydrogen-bond acceptors (Lipinski definition) is 4. The molecule has 2 atom stereocenters. The summed E-state index contributed by atoms with van der Waals surface area (Å²) in [7, 11) is 0. The molecule has 0 amide bonds. The van der Waals surface area contributed by atoms with Gasteiger partial charge in [-0.25, -0.2) is 4.39 Å². The highest BCUT2D eigenvalue weighted by Crippen LogP contribution is 2.21. The Labute approximate surface area is 93.5 Å². The van der Waals surface area contributed by atoms with Crippen molar-refractivity contribution in [1.82, 2.24) is 0 Å². The molecule has 0 aliphatic rings. The van der Waals surface area contributed by atoms with Crippen LogP contribution in [0.4, 0.5) is 4.39 Å². The molecule has 4 nitrogen and oxygen atoms in total. The van der Waals surface area contributed by atoms with Crippen molar-refractivity contribution < 1.29 is 19.3 Å². The van der Waals surface area contributed by atoms with Gasteiger partial charge >= 0.3 is 0 Å². The summed E-state index contributed by atoms with van der Waals surface area (Å²) in [4.78, 5) is 0. The molecule has 0 aliphatic heterocycles. The molecular weight excluding hydrogens is 213 g/mol. The number of nitrogens with two attached hydrogens (primary N) is 1. The lowest BCUT2D eigenvalue weighted by molar-refractivity contribution is 0.0523. The molecular formula is C11H16FNO3. The summed E-state index contributed by atoms with van der Waals surface area (Å²) in [5, 5.41) is 17.6. The number of aliphatic hydroxyl groups excluding tert-OH is 2. The van der Waals surface area contributed by atoms with Crippen LogP contribution in [0.3, 0.4) is 0 Å². The van der Waals surface area contributed by atoms with Crippen molar-refractivity contribution in [2.24, 2.45) is 5.73 Å². The van der Waals surface area contributed by atoms with E-state index in [1.165, 1.54) is 12.1 Å². The number of aliphatic hydroxyl groups is 2. The Morgan fingerprint density at radius 2 is 2.19 bits per heavy atom. The van der Waals surface area contributed by atoms with Crippen LogP contribution in [-0.2, 0) is 0 Å². The fourth-order valence-electron chi connectivity index (χ4n) is 1.16. The van der Waals surface area contributed by atoms with E-state index in [0.717, 1.165) is 0 Å². The minimum atomic E-state index is -1.01. The van der Waals surface area contributed by atoms with Crippen LogP contribution in [0, 0.1) is 5.82 Å². The molecule has 0 aliphatic carbocycles. The quantitative estimate of drug-likeness (QED) is 0.690. The summed E-state index contributed by atoms with van der Waals surface area (Å²) in [6, 6.07) is 4.17. The zero-order valence-electron chi connectivity index (χ0n) is 9.06. The van der Waals surface area contributed by atoms with Crippen molar-refractivity contribution in [2.45, 2.75) is 19.1 Å². The van der Waals surface area contributed by atoms with Crippen molar-refractivity contribution in [3.63, 3.8) is 0 Å². The molecule has 16 heavy (non-hydrogen) atoms. The van der Waals surface area contributed by atoms with E-state index in [4.69, 9.17) is 20.7 Å². The van der Waals surface area contributed by atoms with Gasteiger partial charge in [0.2, 0.25) is 0 Å². The summed E-state index contributed by atoms with van der Waals surface area (Å²) in [5.74, 6) is -0.489. The number of rotatable bonds is 5. The van der Waals surface area contributed by atoms with Crippen LogP contribution >= 0.6 is 0 Å². The number of benzene rings is 1. The Balaban J connectivity index is 2.68. The Hall–Kier alpha value is -1.17. The molecule has 2 unspecified atom stereocenters. The second-order valence-electron chi connectivity index (χ2n) is 3.63. The highest BCUT2D eigenvalue weighted by atomic mass is 19.1. The largest absolute Gasteiger partial charge is 0.488 e. The number of ether oxygens (including phenoxy) is 1. The van der Waals surface area contributed by atoms with Gasteiger partial charge in [0.1, 0.15) is 12.7 Å². The zero-order chi connectivity index (χ0) is 12.1. The maximum absolute atomic E-state index is 13.4. The van der Waals surface area contributed by atoms with Gasteiger partial charge in [0, 0.05) is 6.04 Å². The van der Waals surface area contributed by atoms with E-state index in [2.05, 4.69) is 0 Å². The monoisotopic (exact) mass is 229 g/mol. The van der Waals surface area contributed by atoms with E-state index in [0.29, 0.717) is 5.56 Å². The molecule has 0 saturated heterocycles. The fourth-order valence-corrected chi connectivity index (χ4v) is 1.16. The van der Waals surface area contributed by atoms with Crippen LogP contribution in [0.2, 0.25) is 0 Å². The van der Waals surface area contributed by atoms with Crippen molar-refractivity contribution in [3.8, 4) is 5.75 Å². The molecule has 0 fully saturated rings. The molecule has 4 N–H and O–H groups in total. The molecule has 1 aromatic carbocycles. The number of halogens is 1. The van der Waals surface area contributed by atoms with Gasteiger partial charge in [0.25, 0.3) is 0 Å². The van der Waals surface area contributed by atoms with Gasteiger partial charge in [-0.2, -0.15) is 0 Å². The second kappa shape index (κ2) is 5.79. The Morgan fingerprint density at radius 3 is 2.69 bits per heavy atom. The van der Waals surface area contributed by atoms with Crippen molar-refractivity contribution in [1.29, 1.82) is 0 Å². The normalized spacial score (nSPS) is 14.6. The van der Waals surface area contributed by atoms with E-state index < -0.39 is 18.5 Å². The predicted molar refractivity (Wildman–Crippen MR) is 57.6 cm³/mol. The van der Waals surface area contributed by atoms with E-state index >= 15 is 0 Å². The van der Waals surface area contributed by atoms with E-state index in [-0.39, 0.29) is 18.4 Å². The molecule has 0 radical (unpaired) electrons. The van der Waals surface area contributed by atoms with Crippen molar-refractivity contribution in [2.75, 3.05) is 13.2 Å². The first-order valence-corrected chi connectivity index (χ1v) is 5.01. The lowest BCUT2D eigenvalue weighted by atomic mass is 10.1. The third-order valence-electron chi connectivity index (χ3n) is 2.12. The molecule has 0 saturated carbocycles. The van der Waals surface area contributed by atoms with Crippen LogP contribution in [0.15, 0.2) is 18.2 Å². The predicted octanol–water partition coefficient (Wildman–Crippen LogP) is 0.577. The van der Waals surface area contributed by atoms with Gasteiger partial charge in [-0.05, 0) is 24.6 Å². The number of hydrogen-bond donors (Lipinski definition) is 3. The summed E-state index contributed by atoms with van der Waals surface area (Å²) < 4.78 is 18.4. The van der Waals surface area contributed by atoms with Gasteiger partial charge in [-0.3, -0.25) is 0 Å². The first-order valence-electron chi connectivity index (χ1n) is 5.01. The molecule has 0 aromatic heterocycles. The molecule has 5 heteroatoms. The standard InChI is InChI=1S/C11H16FNO3/c1-7(13)8-2-3-11(10(12)4-8)16-6-9(15)5-14/h2-4,7,9,14-15H,5-6,13H2,1H3. The van der Waals surface area contributed by atoms with Crippen LogP contribution in [0.25, 0.3) is 0 Å². The van der Waals surface area contributed by atoms with Crippen LogP contribution in [0.1, 0.15) is 18.5 Å². The highest BCUT2D eigenvalue weighted by molar-refractivity contribution is 5.30. The molecule has 90 valence electrons. The Kier molecular flexibility index (Phi) is 4.67. The van der Waals surface area contributed by atoms with Gasteiger partial charge < -0.3 is 20.7 Å². The molecule has 0 spiro atoms. The minimum absolute atomic E-state index is 0.0388. The summed E-state index contributed by atoms with van der Waals surface area (Å²) in [5.41, 5.74) is 6.27. The topological polar surface area (TPSA) is 75.7 Å². The molecule has 0 bridgehead atoms. The fraction of sp³-hybridized carbons (Fsp3) is 0.455. The smallest absolute Gasteiger partial charge is 0.165 e. The average Bonchev–Trinajstić information content (AvgIpc) is 2.26. The maximum atomic E-state index is 13.4. The summed E-state index contributed by atoms with van der Waals surface area (Å²) in [6.45, 7) is 1.19. The van der Waals surface area contributed by atoms with Crippen LogP contribution in [0.5, 0.6) is 5.75 Å². The lowest BCUT2D eigenvalue weighted by Gasteiger charge is -2.12. The SMILES string of the molecule is CC(N)c1ccc(OCC(O)CO)c(F)c1. The lowest BCUT2D eigenvalue weighted by Crippen LogP contribution is -2.21.